The molecular weight excluding hydrogens is 212 g/mol. The van der Waals surface area contributed by atoms with Crippen LogP contribution in [0.4, 0.5) is 0 Å². The average molecular weight is 238 g/mol. The Kier molecular flexibility index (Phi) is 3.99. The van der Waals surface area contributed by atoms with Crippen molar-refractivity contribution in [3.8, 4) is 0 Å². The van der Waals surface area contributed by atoms with Crippen molar-refractivity contribution < 1.29 is 4.74 Å². The van der Waals surface area contributed by atoms with Gasteiger partial charge in [-0.2, -0.15) is 0 Å². The molecule has 1 N–H and O–H groups in total. The van der Waals surface area contributed by atoms with Crippen LogP contribution in [-0.2, 0) is 4.74 Å². The highest BCUT2D eigenvalue weighted by molar-refractivity contribution is 4.84. The molecule has 0 unspecified atom stereocenters. The monoisotopic (exact) mass is 238 g/mol. The second kappa shape index (κ2) is 5.68. The summed E-state index contributed by atoms with van der Waals surface area (Å²) in [5.41, 5.74) is 0. The van der Waals surface area contributed by atoms with Gasteiger partial charge in [0.1, 0.15) is 0 Å². The number of piperidine rings is 1. The predicted molar refractivity (Wildman–Crippen MR) is 69.2 cm³/mol. The summed E-state index contributed by atoms with van der Waals surface area (Å²) in [6.07, 6.45) is 8.14. The van der Waals surface area contributed by atoms with Gasteiger partial charge in [0, 0.05) is 25.3 Å². The molecule has 2 saturated heterocycles. The van der Waals surface area contributed by atoms with Gasteiger partial charge in [0.05, 0.1) is 0 Å². The van der Waals surface area contributed by atoms with Crippen molar-refractivity contribution in [2.45, 2.75) is 50.6 Å². The number of hydrogen-bond acceptors (Lipinski definition) is 3. The van der Waals surface area contributed by atoms with Crippen LogP contribution in [-0.4, -0.2) is 49.8 Å². The molecule has 3 fully saturated rings. The molecule has 0 bridgehead atoms. The van der Waals surface area contributed by atoms with Gasteiger partial charge < -0.3 is 15.0 Å². The van der Waals surface area contributed by atoms with E-state index in [0.717, 1.165) is 31.2 Å². The van der Waals surface area contributed by atoms with Gasteiger partial charge in [0.15, 0.2) is 0 Å². The molecule has 0 atom stereocenters. The van der Waals surface area contributed by atoms with Gasteiger partial charge in [0.2, 0.25) is 0 Å². The largest absolute Gasteiger partial charge is 0.381 e. The topological polar surface area (TPSA) is 24.5 Å². The maximum absolute atomic E-state index is 5.45. The van der Waals surface area contributed by atoms with Crippen LogP contribution >= 0.6 is 0 Å². The minimum Gasteiger partial charge on any atom is -0.381 e. The summed E-state index contributed by atoms with van der Waals surface area (Å²) in [5, 5.41) is 3.68. The fraction of sp³-hybridized carbons (Fsp3) is 1.00. The Morgan fingerprint density at radius 1 is 0.941 bits per heavy atom. The quantitative estimate of drug-likeness (QED) is 0.805. The van der Waals surface area contributed by atoms with Gasteiger partial charge >= 0.3 is 0 Å². The first-order chi connectivity index (χ1) is 8.42. The Morgan fingerprint density at radius 2 is 1.65 bits per heavy atom. The van der Waals surface area contributed by atoms with E-state index in [-0.39, 0.29) is 0 Å². The maximum Gasteiger partial charge on any atom is 0.0480 e. The number of nitrogens with zero attached hydrogens (tertiary/aromatic N) is 1. The summed E-state index contributed by atoms with van der Waals surface area (Å²) in [5.74, 6) is 0.937. The molecule has 3 aliphatic rings. The van der Waals surface area contributed by atoms with Crippen LogP contribution in [0.25, 0.3) is 0 Å². The van der Waals surface area contributed by atoms with Crippen LogP contribution in [0.2, 0.25) is 0 Å². The molecule has 2 aliphatic heterocycles. The van der Waals surface area contributed by atoms with Crippen LogP contribution in [0.1, 0.15) is 38.5 Å². The maximum atomic E-state index is 5.45. The lowest BCUT2D eigenvalue weighted by Crippen LogP contribution is -2.45. The van der Waals surface area contributed by atoms with Gasteiger partial charge in [-0.3, -0.25) is 0 Å². The second-order valence-electron chi connectivity index (χ2n) is 6.01. The minimum absolute atomic E-state index is 0.820. The van der Waals surface area contributed by atoms with Crippen LogP contribution in [0.15, 0.2) is 0 Å². The molecule has 3 nitrogen and oxygen atoms in total. The SMILES string of the molecule is C1CC(N2CCC(CNC3CC3)CC2)CCO1. The van der Waals surface area contributed by atoms with Crippen molar-refractivity contribution in [1.29, 1.82) is 0 Å². The smallest absolute Gasteiger partial charge is 0.0480 e. The first-order valence-electron chi connectivity index (χ1n) is 7.47. The van der Waals surface area contributed by atoms with Crippen molar-refractivity contribution in [1.82, 2.24) is 10.2 Å². The summed E-state index contributed by atoms with van der Waals surface area (Å²) in [7, 11) is 0. The third kappa shape index (κ3) is 3.43. The molecule has 0 aromatic rings. The Balaban J connectivity index is 1.36. The zero-order valence-corrected chi connectivity index (χ0v) is 10.9. The van der Waals surface area contributed by atoms with Gasteiger partial charge in [-0.25, -0.2) is 0 Å². The van der Waals surface area contributed by atoms with E-state index in [1.165, 1.54) is 58.2 Å². The molecule has 17 heavy (non-hydrogen) atoms. The van der Waals surface area contributed by atoms with Crippen molar-refractivity contribution in [2.75, 3.05) is 32.8 Å². The van der Waals surface area contributed by atoms with Crippen LogP contribution < -0.4 is 5.32 Å². The normalized spacial score (nSPS) is 29.6. The van der Waals surface area contributed by atoms with E-state index in [9.17, 15) is 0 Å². The number of nitrogens with one attached hydrogen (secondary N) is 1. The fourth-order valence-corrected chi connectivity index (χ4v) is 3.19. The van der Waals surface area contributed by atoms with Crippen molar-refractivity contribution in [3.63, 3.8) is 0 Å². The molecule has 0 radical (unpaired) electrons. The van der Waals surface area contributed by atoms with Crippen LogP contribution in [0.5, 0.6) is 0 Å². The van der Waals surface area contributed by atoms with Crippen molar-refractivity contribution >= 4 is 0 Å². The molecule has 2 heterocycles. The molecule has 98 valence electrons. The van der Waals surface area contributed by atoms with Gasteiger partial charge in [0.25, 0.3) is 0 Å². The zero-order valence-electron chi connectivity index (χ0n) is 10.9. The van der Waals surface area contributed by atoms with E-state index in [4.69, 9.17) is 4.74 Å². The van der Waals surface area contributed by atoms with E-state index in [2.05, 4.69) is 10.2 Å². The van der Waals surface area contributed by atoms with Crippen molar-refractivity contribution in [2.24, 2.45) is 5.92 Å². The molecule has 0 amide bonds. The second-order valence-corrected chi connectivity index (χ2v) is 6.01. The van der Waals surface area contributed by atoms with E-state index < -0.39 is 0 Å². The first-order valence-corrected chi connectivity index (χ1v) is 7.47. The summed E-state index contributed by atoms with van der Waals surface area (Å²) < 4.78 is 5.45. The van der Waals surface area contributed by atoms with Gasteiger partial charge in [-0.15, -0.1) is 0 Å². The van der Waals surface area contributed by atoms with Crippen LogP contribution in [0, 0.1) is 5.92 Å². The third-order valence-corrected chi connectivity index (χ3v) is 4.63. The lowest BCUT2D eigenvalue weighted by atomic mass is 9.94. The number of rotatable bonds is 4. The molecule has 0 aromatic heterocycles. The Hall–Kier alpha value is -0.120. The molecular formula is C14H26N2O. The van der Waals surface area contributed by atoms with Gasteiger partial charge in [-0.05, 0) is 64.1 Å². The summed E-state index contributed by atoms with van der Waals surface area (Å²) in [4.78, 5) is 2.72. The first kappa shape index (κ1) is 11.9. The van der Waals surface area contributed by atoms with Crippen molar-refractivity contribution in [3.05, 3.63) is 0 Å². The molecule has 3 heteroatoms. The fourth-order valence-electron chi connectivity index (χ4n) is 3.19. The molecule has 1 saturated carbocycles. The lowest BCUT2D eigenvalue weighted by molar-refractivity contribution is 0.0211. The predicted octanol–water partition coefficient (Wildman–Crippen LogP) is 1.63. The molecule has 1 aliphatic carbocycles. The van der Waals surface area contributed by atoms with Gasteiger partial charge in [-0.1, -0.05) is 0 Å². The third-order valence-electron chi connectivity index (χ3n) is 4.63. The molecule has 3 rings (SSSR count). The molecule has 0 spiro atoms. The average Bonchev–Trinajstić information content (AvgIpc) is 3.22. The number of hydrogen-bond donors (Lipinski definition) is 1. The van der Waals surface area contributed by atoms with E-state index in [0.29, 0.717) is 0 Å². The summed E-state index contributed by atoms with van der Waals surface area (Å²) in [6, 6.07) is 1.70. The summed E-state index contributed by atoms with van der Waals surface area (Å²) >= 11 is 0. The standard InChI is InChI=1S/C14H26N2O/c1-2-13(1)15-11-12-3-7-16(8-4-12)14-5-9-17-10-6-14/h12-15H,1-11H2. The lowest BCUT2D eigenvalue weighted by Gasteiger charge is -2.39. The Bertz CT molecular complexity index is 228. The molecule has 0 aromatic carbocycles. The highest BCUT2D eigenvalue weighted by Crippen LogP contribution is 2.24. The zero-order chi connectivity index (χ0) is 11.5. The highest BCUT2D eigenvalue weighted by atomic mass is 16.5. The Morgan fingerprint density at radius 3 is 2.29 bits per heavy atom. The number of ether oxygens (including phenoxy) is 1. The summed E-state index contributed by atoms with van der Waals surface area (Å²) in [6.45, 7) is 5.87. The number of likely N-dealkylation sites (tertiary alicyclic amines) is 1. The van der Waals surface area contributed by atoms with E-state index in [1.54, 1.807) is 0 Å². The Labute approximate surface area is 105 Å². The van der Waals surface area contributed by atoms with Crippen LogP contribution in [0.3, 0.4) is 0 Å². The van der Waals surface area contributed by atoms with E-state index in [1.807, 2.05) is 0 Å². The minimum atomic E-state index is 0.820. The highest BCUT2D eigenvalue weighted by Gasteiger charge is 2.27. The van der Waals surface area contributed by atoms with E-state index >= 15 is 0 Å².